The summed E-state index contributed by atoms with van der Waals surface area (Å²) >= 11 is 0. The van der Waals surface area contributed by atoms with Crippen LogP contribution >= 0.6 is 0 Å². The summed E-state index contributed by atoms with van der Waals surface area (Å²) in [4.78, 5) is 2.33. The van der Waals surface area contributed by atoms with E-state index in [1.807, 2.05) is 42.5 Å². The van der Waals surface area contributed by atoms with Gasteiger partial charge in [-0.15, -0.1) is 0 Å². The maximum Gasteiger partial charge on any atom is 0.127 e. The normalized spacial score (nSPS) is 22.1. The first-order valence-corrected chi connectivity index (χ1v) is 8.54. The third kappa shape index (κ3) is 4.57. The molecule has 24 heavy (non-hydrogen) atoms. The van der Waals surface area contributed by atoms with Crippen LogP contribution in [0.1, 0.15) is 24.8 Å². The van der Waals surface area contributed by atoms with Gasteiger partial charge in [-0.1, -0.05) is 30.3 Å². The number of aliphatic hydroxyl groups excluding tert-OH is 1. The zero-order valence-electron chi connectivity index (χ0n) is 13.9. The Kier molecular flexibility index (Phi) is 5.51. The second kappa shape index (κ2) is 7.79. The number of likely N-dealkylation sites (tertiary alicyclic amines) is 1. The molecule has 2 aromatic carbocycles. The largest absolute Gasteiger partial charge is 0.457 e. The van der Waals surface area contributed by atoms with E-state index in [1.165, 1.54) is 5.56 Å². The fourth-order valence-corrected chi connectivity index (χ4v) is 3.10. The monoisotopic (exact) mass is 327 g/mol. The molecule has 4 nitrogen and oxygen atoms in total. The molecule has 0 radical (unpaired) electrons. The molecule has 0 bridgehead atoms. The van der Waals surface area contributed by atoms with Gasteiger partial charge < -0.3 is 14.9 Å². The van der Waals surface area contributed by atoms with Gasteiger partial charge in [0, 0.05) is 13.1 Å². The van der Waals surface area contributed by atoms with Crippen molar-refractivity contribution in [2.45, 2.75) is 31.4 Å². The Labute approximate surface area is 143 Å². The van der Waals surface area contributed by atoms with E-state index in [0.29, 0.717) is 12.8 Å². The van der Waals surface area contributed by atoms with Crippen molar-refractivity contribution in [2.75, 3.05) is 19.7 Å². The van der Waals surface area contributed by atoms with Crippen LogP contribution in [-0.2, 0) is 6.54 Å². The van der Waals surface area contributed by atoms with Crippen LogP contribution in [-0.4, -0.2) is 40.4 Å². The number of rotatable bonds is 5. The molecule has 3 rings (SSSR count). The van der Waals surface area contributed by atoms with Crippen LogP contribution in [0.15, 0.2) is 54.6 Å². The van der Waals surface area contributed by atoms with Crippen LogP contribution in [0.4, 0.5) is 0 Å². The summed E-state index contributed by atoms with van der Waals surface area (Å²) < 4.78 is 5.81. The first-order valence-electron chi connectivity index (χ1n) is 8.54. The number of nitrogens with zero attached hydrogens (tertiary/aromatic N) is 1. The average molecular weight is 327 g/mol. The fourth-order valence-electron chi connectivity index (χ4n) is 3.10. The Morgan fingerprint density at radius 3 is 2.33 bits per heavy atom. The van der Waals surface area contributed by atoms with Gasteiger partial charge in [-0.2, -0.15) is 0 Å². The van der Waals surface area contributed by atoms with Crippen LogP contribution in [0, 0.1) is 0 Å². The molecule has 0 aliphatic carbocycles. The molecular weight excluding hydrogens is 302 g/mol. The molecule has 1 heterocycles. The number of para-hydroxylation sites is 1. The zero-order chi connectivity index (χ0) is 16.8. The standard InChI is InChI=1S/C20H25NO3/c22-16-20(23)11-4-13-21(14-12-20)15-17-7-9-19(10-8-17)24-18-5-2-1-3-6-18/h1-3,5-10,22-23H,4,11-16H2/t20-/m0/s1. The smallest absolute Gasteiger partial charge is 0.127 e. The van der Waals surface area contributed by atoms with E-state index < -0.39 is 5.60 Å². The van der Waals surface area contributed by atoms with Crippen molar-refractivity contribution in [1.82, 2.24) is 4.90 Å². The molecule has 2 N–H and O–H groups in total. The summed E-state index contributed by atoms with van der Waals surface area (Å²) in [7, 11) is 0. The summed E-state index contributed by atoms with van der Waals surface area (Å²) in [6.45, 7) is 2.46. The van der Waals surface area contributed by atoms with Crippen molar-refractivity contribution < 1.29 is 14.9 Å². The lowest BCUT2D eigenvalue weighted by Crippen LogP contribution is -2.34. The second-order valence-corrected chi connectivity index (χ2v) is 6.57. The first kappa shape index (κ1) is 17.0. The van der Waals surface area contributed by atoms with E-state index in [9.17, 15) is 10.2 Å². The van der Waals surface area contributed by atoms with Gasteiger partial charge in [0.15, 0.2) is 0 Å². The van der Waals surface area contributed by atoms with Gasteiger partial charge in [0.1, 0.15) is 11.5 Å². The summed E-state index contributed by atoms with van der Waals surface area (Å²) in [5.74, 6) is 1.66. The average Bonchev–Trinajstić information content (AvgIpc) is 2.80. The van der Waals surface area contributed by atoms with E-state index in [1.54, 1.807) is 0 Å². The molecule has 0 amide bonds. The fraction of sp³-hybridized carbons (Fsp3) is 0.400. The van der Waals surface area contributed by atoms with Crippen molar-refractivity contribution in [2.24, 2.45) is 0 Å². The highest BCUT2D eigenvalue weighted by atomic mass is 16.5. The van der Waals surface area contributed by atoms with E-state index in [2.05, 4.69) is 17.0 Å². The molecule has 0 saturated carbocycles. The van der Waals surface area contributed by atoms with Crippen molar-refractivity contribution in [3.05, 3.63) is 60.2 Å². The third-order valence-corrected chi connectivity index (χ3v) is 4.61. The highest BCUT2D eigenvalue weighted by Crippen LogP contribution is 2.24. The summed E-state index contributed by atoms with van der Waals surface area (Å²) in [6.07, 6.45) is 2.20. The van der Waals surface area contributed by atoms with Crippen LogP contribution in [0.5, 0.6) is 11.5 Å². The number of hydrogen-bond donors (Lipinski definition) is 2. The maximum atomic E-state index is 10.2. The molecule has 0 spiro atoms. The quantitative estimate of drug-likeness (QED) is 0.885. The second-order valence-electron chi connectivity index (χ2n) is 6.57. The zero-order valence-corrected chi connectivity index (χ0v) is 13.9. The van der Waals surface area contributed by atoms with E-state index in [-0.39, 0.29) is 6.61 Å². The minimum Gasteiger partial charge on any atom is -0.457 e. The van der Waals surface area contributed by atoms with Crippen LogP contribution < -0.4 is 4.74 Å². The Morgan fingerprint density at radius 2 is 1.62 bits per heavy atom. The van der Waals surface area contributed by atoms with Crippen molar-refractivity contribution in [3.8, 4) is 11.5 Å². The summed E-state index contributed by atoms with van der Waals surface area (Å²) in [6, 6.07) is 17.9. The molecule has 4 heteroatoms. The SMILES string of the molecule is OC[C@]1(O)CCCN(Cc2ccc(Oc3ccccc3)cc2)CC1. The predicted octanol–water partition coefficient (Wildman–Crippen LogP) is 3.19. The summed E-state index contributed by atoms with van der Waals surface area (Å²) in [5, 5.41) is 19.5. The number of ether oxygens (including phenoxy) is 1. The molecular formula is C20H25NO3. The molecule has 1 atom stereocenters. The maximum absolute atomic E-state index is 10.2. The minimum absolute atomic E-state index is 0.146. The van der Waals surface area contributed by atoms with Crippen LogP contribution in [0.25, 0.3) is 0 Å². The molecule has 0 unspecified atom stereocenters. The lowest BCUT2D eigenvalue weighted by molar-refractivity contribution is -0.0255. The summed E-state index contributed by atoms with van der Waals surface area (Å²) in [5.41, 5.74) is 0.326. The topological polar surface area (TPSA) is 52.9 Å². The Morgan fingerprint density at radius 1 is 0.917 bits per heavy atom. The van der Waals surface area contributed by atoms with Gasteiger partial charge >= 0.3 is 0 Å². The van der Waals surface area contributed by atoms with Crippen LogP contribution in [0.3, 0.4) is 0 Å². The molecule has 2 aromatic rings. The lowest BCUT2D eigenvalue weighted by atomic mass is 9.96. The Bertz CT molecular complexity index is 629. The predicted molar refractivity (Wildman–Crippen MR) is 94.1 cm³/mol. The van der Waals surface area contributed by atoms with E-state index in [0.717, 1.165) is 37.6 Å². The Hall–Kier alpha value is -1.88. The lowest BCUT2D eigenvalue weighted by Gasteiger charge is -2.24. The van der Waals surface area contributed by atoms with Gasteiger partial charge in [0.2, 0.25) is 0 Å². The number of hydrogen-bond acceptors (Lipinski definition) is 4. The molecule has 1 saturated heterocycles. The first-order chi connectivity index (χ1) is 11.7. The van der Waals surface area contributed by atoms with E-state index >= 15 is 0 Å². The van der Waals surface area contributed by atoms with Crippen molar-refractivity contribution in [3.63, 3.8) is 0 Å². The molecule has 1 aliphatic rings. The highest BCUT2D eigenvalue weighted by Gasteiger charge is 2.29. The molecule has 128 valence electrons. The van der Waals surface area contributed by atoms with Crippen molar-refractivity contribution in [1.29, 1.82) is 0 Å². The van der Waals surface area contributed by atoms with Gasteiger partial charge in [-0.25, -0.2) is 0 Å². The molecule has 1 aliphatic heterocycles. The van der Waals surface area contributed by atoms with Gasteiger partial charge in [-0.05, 0) is 55.6 Å². The Balaban J connectivity index is 1.56. The highest BCUT2D eigenvalue weighted by molar-refractivity contribution is 5.32. The van der Waals surface area contributed by atoms with Crippen molar-refractivity contribution >= 4 is 0 Å². The van der Waals surface area contributed by atoms with E-state index in [4.69, 9.17) is 4.74 Å². The third-order valence-electron chi connectivity index (χ3n) is 4.61. The number of benzene rings is 2. The van der Waals surface area contributed by atoms with Gasteiger partial charge in [-0.3, -0.25) is 4.90 Å². The molecule has 0 aromatic heterocycles. The molecule has 1 fully saturated rings. The number of aliphatic hydroxyl groups is 2. The minimum atomic E-state index is -0.901. The van der Waals surface area contributed by atoms with Gasteiger partial charge in [0.05, 0.1) is 12.2 Å². The van der Waals surface area contributed by atoms with Crippen LogP contribution in [0.2, 0.25) is 0 Å². The van der Waals surface area contributed by atoms with Gasteiger partial charge in [0.25, 0.3) is 0 Å².